The van der Waals surface area contributed by atoms with Crippen molar-refractivity contribution in [3.8, 4) is 5.75 Å². The Morgan fingerprint density at radius 2 is 1.88 bits per heavy atom. The van der Waals surface area contributed by atoms with Crippen molar-refractivity contribution in [1.29, 1.82) is 0 Å². The lowest BCUT2D eigenvalue weighted by molar-refractivity contribution is -0.149. The summed E-state index contributed by atoms with van der Waals surface area (Å²) in [4.78, 5) is 39.5. The summed E-state index contributed by atoms with van der Waals surface area (Å²) in [7, 11) is -2.38. The number of hydrogen-bond donors (Lipinski definition) is 3. The molecule has 1 aromatic carbocycles. The van der Waals surface area contributed by atoms with Crippen LogP contribution in [0.25, 0.3) is 0 Å². The molecule has 1 aliphatic heterocycles. The van der Waals surface area contributed by atoms with Crippen molar-refractivity contribution in [3.63, 3.8) is 0 Å². The summed E-state index contributed by atoms with van der Waals surface area (Å²) in [6, 6.07) is 6.00. The molecule has 1 fully saturated rings. The number of halogens is 2. The number of hydrogen-bond acceptors (Lipinski definition) is 13. The lowest BCUT2D eigenvalue weighted by Crippen LogP contribution is -2.42. The zero-order valence-corrected chi connectivity index (χ0v) is 24.6. The second kappa shape index (κ2) is 14.2. The van der Waals surface area contributed by atoms with E-state index in [1.807, 2.05) is 0 Å². The van der Waals surface area contributed by atoms with Gasteiger partial charge in [0.15, 0.2) is 6.10 Å². The van der Waals surface area contributed by atoms with E-state index in [-0.39, 0.29) is 30.6 Å². The van der Waals surface area contributed by atoms with Crippen LogP contribution in [0.15, 0.2) is 41.3 Å². The number of benzene rings is 1. The molecule has 18 heteroatoms. The fraction of sp³-hybridized carbons (Fsp3) is 0.520. The van der Waals surface area contributed by atoms with Gasteiger partial charge in [-0.05, 0) is 44.5 Å². The quantitative estimate of drug-likeness (QED) is 0.214. The minimum absolute atomic E-state index is 0.155. The number of aliphatic hydroxyl groups excluding tert-OH is 1. The number of aliphatic hydroxyl groups is 1. The zero-order chi connectivity index (χ0) is 31.9. The van der Waals surface area contributed by atoms with E-state index >= 15 is 0 Å². The van der Waals surface area contributed by atoms with Crippen molar-refractivity contribution in [2.75, 3.05) is 25.8 Å². The molecule has 238 valence electrons. The molecular weight excluding hydrogens is 601 g/mol. The summed E-state index contributed by atoms with van der Waals surface area (Å²) in [6.07, 6.45) is -7.31. The number of methoxy groups -OCH3 is 1. The van der Waals surface area contributed by atoms with Gasteiger partial charge in [0, 0.05) is 13.3 Å². The topological polar surface area (TPSA) is 200 Å². The zero-order valence-electron chi connectivity index (χ0n) is 23.7. The molecule has 1 aromatic heterocycles. The minimum Gasteiger partial charge on any atom is -0.462 e. The van der Waals surface area contributed by atoms with Crippen molar-refractivity contribution < 1.29 is 56.2 Å². The van der Waals surface area contributed by atoms with Gasteiger partial charge in [0.25, 0.3) is 0 Å². The summed E-state index contributed by atoms with van der Waals surface area (Å²) in [5.74, 6) is -4.57. The fourth-order valence-corrected chi connectivity index (χ4v) is 5.48. The van der Waals surface area contributed by atoms with Gasteiger partial charge in [-0.15, -0.1) is 0 Å². The third-order valence-corrected chi connectivity index (χ3v) is 7.66. The first-order chi connectivity index (χ1) is 20.1. The van der Waals surface area contributed by atoms with Crippen LogP contribution in [-0.4, -0.2) is 77.1 Å². The Hall–Kier alpha value is -3.63. The van der Waals surface area contributed by atoms with Gasteiger partial charge in [-0.2, -0.15) is 13.8 Å². The van der Waals surface area contributed by atoms with Crippen molar-refractivity contribution in [1.82, 2.24) is 14.6 Å². The maximum atomic E-state index is 14.6. The van der Waals surface area contributed by atoms with E-state index in [4.69, 9.17) is 33.9 Å². The molecule has 0 spiro atoms. The normalized spacial score (nSPS) is 21.5. The number of carbonyl (C=O) groups excluding carboxylic acids is 2. The van der Waals surface area contributed by atoms with Gasteiger partial charge in [-0.3, -0.25) is 13.9 Å². The molecular formula is C25H33F2N4O11P. The molecule has 0 amide bonds. The maximum Gasteiger partial charge on any atom is 0.508 e. The molecule has 15 nitrogen and oxygen atoms in total. The Bertz CT molecular complexity index is 1380. The maximum absolute atomic E-state index is 14.6. The molecule has 1 aliphatic rings. The van der Waals surface area contributed by atoms with Crippen LogP contribution in [0.5, 0.6) is 5.75 Å². The molecule has 2 heterocycles. The van der Waals surface area contributed by atoms with Crippen LogP contribution in [0.2, 0.25) is 0 Å². The number of ether oxygens (including phenoxy) is 5. The summed E-state index contributed by atoms with van der Waals surface area (Å²) < 4.78 is 73.4. The van der Waals surface area contributed by atoms with Crippen LogP contribution in [0, 0.1) is 0 Å². The van der Waals surface area contributed by atoms with E-state index < -0.39 is 62.3 Å². The lowest BCUT2D eigenvalue weighted by Gasteiger charge is -2.23. The van der Waals surface area contributed by atoms with Crippen LogP contribution in [-0.2, 0) is 39.7 Å². The summed E-state index contributed by atoms with van der Waals surface area (Å²) >= 11 is 0. The highest BCUT2D eigenvalue weighted by Gasteiger charge is 2.60. The van der Waals surface area contributed by atoms with Crippen LogP contribution in [0.1, 0.15) is 32.6 Å². The van der Waals surface area contributed by atoms with Gasteiger partial charge < -0.3 is 39.0 Å². The Morgan fingerprint density at radius 3 is 2.49 bits per heavy atom. The second-order valence-electron chi connectivity index (χ2n) is 9.70. The molecule has 4 N–H and O–H groups in total. The average molecular weight is 635 g/mol. The minimum atomic E-state index is -3.92. The number of nitrogens with zero attached hydrogens (tertiary/aromatic N) is 2. The van der Waals surface area contributed by atoms with E-state index in [0.717, 1.165) is 12.3 Å². The number of anilines is 1. The first kappa shape index (κ1) is 33.9. The second-order valence-corrected chi connectivity index (χ2v) is 11.7. The lowest BCUT2D eigenvalue weighted by atomic mass is 10.1. The molecule has 0 radical (unpaired) electrons. The summed E-state index contributed by atoms with van der Waals surface area (Å²) in [5.41, 5.74) is 4.70. The summed E-state index contributed by atoms with van der Waals surface area (Å²) in [5, 5.41) is 12.6. The highest BCUT2D eigenvalue weighted by Crippen LogP contribution is 2.44. The Kier molecular flexibility index (Phi) is 11.2. The highest BCUT2D eigenvalue weighted by atomic mass is 31.2. The number of rotatable bonds is 13. The van der Waals surface area contributed by atoms with Crippen LogP contribution >= 0.6 is 7.52 Å². The standard InChI is InChI=1S/C25H33F2N4O11P/c1-14(2)40-21(33)15(3)30-43(36,13-37-4)42-17-7-5-16(6-8-17)11-38-24(35)39-12-18-20(32)25(26,27)22(41-18)31-10-9-19(28)29-23(31)34/h5-10,14-15,18,20,22,32H,11-13H2,1-4H3,(H,30,36)(H2,28,29,34)/t15-,18-,20-,22-,43?/m1/s1. The van der Waals surface area contributed by atoms with Gasteiger partial charge in [0.05, 0.1) is 6.10 Å². The largest absolute Gasteiger partial charge is 0.508 e. The number of alkyl halides is 2. The number of carbonyl (C=O) groups is 2. The number of nitrogen functional groups attached to an aromatic ring is 1. The number of nitrogens with one attached hydrogen (secondary N) is 1. The van der Waals surface area contributed by atoms with Gasteiger partial charge in [0.1, 0.15) is 43.3 Å². The van der Waals surface area contributed by atoms with Crippen molar-refractivity contribution in [3.05, 3.63) is 52.6 Å². The third-order valence-electron chi connectivity index (χ3n) is 5.78. The molecule has 43 heavy (non-hydrogen) atoms. The first-order valence-electron chi connectivity index (χ1n) is 12.9. The first-order valence-corrected chi connectivity index (χ1v) is 14.7. The van der Waals surface area contributed by atoms with Crippen molar-refractivity contribution in [2.24, 2.45) is 0 Å². The van der Waals surface area contributed by atoms with Gasteiger partial charge in [0.2, 0.25) is 6.23 Å². The van der Waals surface area contributed by atoms with Crippen molar-refractivity contribution in [2.45, 2.75) is 63.9 Å². The molecule has 3 rings (SSSR count). The van der Waals surface area contributed by atoms with E-state index in [2.05, 4.69) is 10.1 Å². The number of esters is 1. The van der Waals surface area contributed by atoms with Crippen LogP contribution < -0.4 is 21.0 Å². The number of aromatic nitrogens is 2. The molecule has 0 saturated carbocycles. The molecule has 1 unspecified atom stereocenters. The van der Waals surface area contributed by atoms with Crippen LogP contribution in [0.3, 0.4) is 0 Å². The predicted molar refractivity (Wildman–Crippen MR) is 144 cm³/mol. The smallest absolute Gasteiger partial charge is 0.462 e. The van der Waals surface area contributed by atoms with Gasteiger partial charge in [-0.1, -0.05) is 12.1 Å². The Balaban J connectivity index is 1.52. The fourth-order valence-electron chi connectivity index (χ4n) is 3.80. The molecule has 2 aromatic rings. The van der Waals surface area contributed by atoms with E-state index in [1.165, 1.54) is 38.3 Å². The van der Waals surface area contributed by atoms with Gasteiger partial charge >= 0.3 is 31.3 Å². The predicted octanol–water partition coefficient (Wildman–Crippen LogP) is 2.18. The molecule has 0 bridgehead atoms. The van der Waals surface area contributed by atoms with E-state index in [1.54, 1.807) is 13.8 Å². The van der Waals surface area contributed by atoms with E-state index in [9.17, 15) is 32.8 Å². The highest BCUT2D eigenvalue weighted by molar-refractivity contribution is 7.57. The summed E-state index contributed by atoms with van der Waals surface area (Å²) in [6.45, 7) is 3.72. The average Bonchev–Trinajstić information content (AvgIpc) is 3.14. The third kappa shape index (κ3) is 8.93. The number of nitrogens with two attached hydrogens (primary N) is 1. The molecule has 5 atom stereocenters. The van der Waals surface area contributed by atoms with Crippen molar-refractivity contribution >= 4 is 25.5 Å². The molecule has 1 saturated heterocycles. The van der Waals surface area contributed by atoms with Gasteiger partial charge in [-0.25, -0.2) is 14.7 Å². The van der Waals surface area contributed by atoms with E-state index in [0.29, 0.717) is 10.1 Å². The Labute approximate surface area is 244 Å². The monoisotopic (exact) mass is 634 g/mol. The molecule has 0 aliphatic carbocycles. The Morgan fingerprint density at radius 1 is 1.21 bits per heavy atom. The van der Waals surface area contributed by atoms with Crippen LogP contribution in [0.4, 0.5) is 19.4 Å². The SMILES string of the molecule is COCP(=O)(N[C@H](C)C(=O)OC(C)C)Oc1ccc(COC(=O)OC[C@H]2O[C@@H](n3ccc(N)nc3=O)C(F)(F)[C@@H]2O)cc1.